The summed E-state index contributed by atoms with van der Waals surface area (Å²) < 4.78 is 27.6. The minimum absolute atomic E-state index is 0.0641. The number of rotatable bonds is 7. The summed E-state index contributed by atoms with van der Waals surface area (Å²) in [5.74, 6) is 1.73. The van der Waals surface area contributed by atoms with Gasteiger partial charge in [-0.05, 0) is 54.1 Å². The molecule has 3 aromatic rings. The van der Waals surface area contributed by atoms with Crippen molar-refractivity contribution in [3.05, 3.63) is 90.0 Å². The van der Waals surface area contributed by atoms with E-state index >= 15 is 0 Å². The molecule has 0 unspecified atom stereocenters. The number of hydrogen-bond donors (Lipinski definition) is 2. The van der Waals surface area contributed by atoms with E-state index in [9.17, 15) is 18.0 Å². The number of nitrogens with one attached hydrogen (secondary N) is 2. The Morgan fingerprint density at radius 3 is 2.12 bits per heavy atom. The first-order valence-electron chi connectivity index (χ1n) is 10.8. The highest BCUT2D eigenvalue weighted by molar-refractivity contribution is 7.99. The van der Waals surface area contributed by atoms with Crippen LogP contribution in [0.4, 0.5) is 11.4 Å². The molecule has 1 aliphatic rings. The minimum atomic E-state index is -3.75. The predicted molar refractivity (Wildman–Crippen MR) is 136 cm³/mol. The zero-order valence-electron chi connectivity index (χ0n) is 18.4. The second kappa shape index (κ2) is 10.8. The van der Waals surface area contributed by atoms with Gasteiger partial charge in [0, 0.05) is 41.5 Å². The first kappa shape index (κ1) is 23.8. The number of thioether (sulfide) groups is 1. The third-order valence-electron chi connectivity index (χ3n) is 5.38. The molecule has 1 heterocycles. The van der Waals surface area contributed by atoms with E-state index in [1.807, 2.05) is 28.8 Å². The standard InChI is InChI=1S/C25H25N3O4S2/c29-24(28-14-16-33-17-15-28)18-19-6-10-21(11-7-19)26-25(30)20-8-12-23(13-9-20)34(31,32)27-22-4-2-1-3-5-22/h1-13,27H,14-18H2,(H,26,30). The molecule has 176 valence electrons. The Morgan fingerprint density at radius 1 is 0.824 bits per heavy atom. The molecule has 0 radical (unpaired) electrons. The van der Waals surface area contributed by atoms with E-state index in [1.165, 1.54) is 24.3 Å². The summed E-state index contributed by atoms with van der Waals surface area (Å²) in [5, 5.41) is 2.80. The van der Waals surface area contributed by atoms with E-state index < -0.39 is 10.0 Å². The molecular formula is C25H25N3O4S2. The molecule has 7 nitrogen and oxygen atoms in total. The summed E-state index contributed by atoms with van der Waals surface area (Å²) >= 11 is 1.86. The molecule has 0 aliphatic carbocycles. The lowest BCUT2D eigenvalue weighted by molar-refractivity contribution is -0.130. The van der Waals surface area contributed by atoms with Crippen LogP contribution < -0.4 is 10.0 Å². The van der Waals surface area contributed by atoms with Gasteiger partial charge in [0.15, 0.2) is 0 Å². The molecule has 1 saturated heterocycles. The lowest BCUT2D eigenvalue weighted by Gasteiger charge is -2.26. The van der Waals surface area contributed by atoms with Crippen molar-refractivity contribution in [2.75, 3.05) is 34.6 Å². The number of carbonyl (C=O) groups excluding carboxylic acids is 2. The third-order valence-corrected chi connectivity index (χ3v) is 7.72. The van der Waals surface area contributed by atoms with Gasteiger partial charge >= 0.3 is 0 Å². The van der Waals surface area contributed by atoms with Crippen LogP contribution in [0.25, 0.3) is 0 Å². The predicted octanol–water partition coefficient (Wildman–Crippen LogP) is 3.86. The van der Waals surface area contributed by atoms with Crippen molar-refractivity contribution in [2.45, 2.75) is 11.3 Å². The normalized spacial score (nSPS) is 13.8. The molecule has 1 aliphatic heterocycles. The molecule has 0 bridgehead atoms. The van der Waals surface area contributed by atoms with Gasteiger partial charge in [-0.15, -0.1) is 0 Å². The lowest BCUT2D eigenvalue weighted by atomic mass is 10.1. The molecule has 4 rings (SSSR count). The molecule has 1 fully saturated rings. The Balaban J connectivity index is 1.34. The van der Waals surface area contributed by atoms with Crippen LogP contribution in [0.15, 0.2) is 83.8 Å². The van der Waals surface area contributed by atoms with Gasteiger partial charge in [-0.3, -0.25) is 14.3 Å². The average Bonchev–Trinajstić information content (AvgIpc) is 2.86. The Kier molecular flexibility index (Phi) is 7.54. The molecular weight excluding hydrogens is 470 g/mol. The van der Waals surface area contributed by atoms with E-state index in [0.29, 0.717) is 23.4 Å². The van der Waals surface area contributed by atoms with Crippen molar-refractivity contribution >= 4 is 45.0 Å². The van der Waals surface area contributed by atoms with Crippen molar-refractivity contribution < 1.29 is 18.0 Å². The number of sulfonamides is 1. The van der Waals surface area contributed by atoms with Gasteiger partial charge in [-0.1, -0.05) is 30.3 Å². The van der Waals surface area contributed by atoms with Crippen LogP contribution in [-0.2, 0) is 21.2 Å². The second-order valence-electron chi connectivity index (χ2n) is 7.82. The molecule has 0 atom stereocenters. The summed E-state index contributed by atoms with van der Waals surface area (Å²) in [6.07, 6.45) is 0.339. The highest BCUT2D eigenvalue weighted by Crippen LogP contribution is 2.18. The SMILES string of the molecule is O=C(Nc1ccc(CC(=O)N2CCSCC2)cc1)c1ccc(S(=O)(=O)Nc2ccccc2)cc1. The highest BCUT2D eigenvalue weighted by atomic mass is 32.2. The Morgan fingerprint density at radius 2 is 1.47 bits per heavy atom. The van der Waals surface area contributed by atoms with Crippen molar-refractivity contribution in [2.24, 2.45) is 0 Å². The number of carbonyl (C=O) groups is 2. The summed E-state index contributed by atoms with van der Waals surface area (Å²) in [6.45, 7) is 1.58. The molecule has 34 heavy (non-hydrogen) atoms. The summed E-state index contributed by atoms with van der Waals surface area (Å²) in [5.41, 5.74) is 2.28. The fourth-order valence-corrected chi connectivity index (χ4v) is 5.48. The van der Waals surface area contributed by atoms with Crippen LogP contribution in [0.2, 0.25) is 0 Å². The summed E-state index contributed by atoms with van der Waals surface area (Å²) in [7, 11) is -3.75. The molecule has 0 spiro atoms. The molecule has 2 N–H and O–H groups in total. The van der Waals surface area contributed by atoms with Crippen molar-refractivity contribution in [1.29, 1.82) is 0 Å². The maximum Gasteiger partial charge on any atom is 0.261 e. The zero-order chi connectivity index (χ0) is 24.0. The fourth-order valence-electron chi connectivity index (χ4n) is 3.51. The van der Waals surface area contributed by atoms with Gasteiger partial charge < -0.3 is 10.2 Å². The molecule has 0 saturated carbocycles. The third kappa shape index (κ3) is 6.18. The van der Waals surface area contributed by atoms with E-state index in [0.717, 1.165) is 30.2 Å². The molecule has 3 aromatic carbocycles. The van der Waals surface area contributed by atoms with Crippen LogP contribution in [0.1, 0.15) is 15.9 Å². The smallest absolute Gasteiger partial charge is 0.261 e. The maximum absolute atomic E-state index is 12.6. The van der Waals surface area contributed by atoms with Crippen molar-refractivity contribution in [1.82, 2.24) is 4.90 Å². The van der Waals surface area contributed by atoms with Gasteiger partial charge in [-0.2, -0.15) is 11.8 Å². The van der Waals surface area contributed by atoms with Crippen LogP contribution in [0, 0.1) is 0 Å². The van der Waals surface area contributed by atoms with Gasteiger partial charge in [0.2, 0.25) is 5.91 Å². The number of benzene rings is 3. The van der Waals surface area contributed by atoms with Crippen molar-refractivity contribution in [3.8, 4) is 0 Å². The number of nitrogens with zero attached hydrogens (tertiary/aromatic N) is 1. The first-order chi connectivity index (χ1) is 16.4. The molecule has 9 heteroatoms. The first-order valence-corrected chi connectivity index (χ1v) is 13.5. The number of amides is 2. The van der Waals surface area contributed by atoms with E-state index in [1.54, 1.807) is 42.5 Å². The average molecular weight is 496 g/mol. The van der Waals surface area contributed by atoms with Gasteiger partial charge in [0.05, 0.1) is 11.3 Å². The summed E-state index contributed by atoms with van der Waals surface area (Å²) in [4.78, 5) is 27.0. The van der Waals surface area contributed by atoms with Gasteiger partial charge in [0.1, 0.15) is 0 Å². The number of para-hydroxylation sites is 1. The highest BCUT2D eigenvalue weighted by Gasteiger charge is 2.17. The Hall–Kier alpha value is -3.30. The lowest BCUT2D eigenvalue weighted by Crippen LogP contribution is -2.38. The molecule has 2 amide bonds. The van der Waals surface area contributed by atoms with E-state index in [4.69, 9.17) is 0 Å². The van der Waals surface area contributed by atoms with Gasteiger partial charge in [0.25, 0.3) is 15.9 Å². The zero-order valence-corrected chi connectivity index (χ0v) is 20.1. The topological polar surface area (TPSA) is 95.6 Å². The molecule has 0 aromatic heterocycles. The van der Waals surface area contributed by atoms with Crippen LogP contribution in [-0.4, -0.2) is 49.7 Å². The second-order valence-corrected chi connectivity index (χ2v) is 10.7. The summed E-state index contributed by atoms with van der Waals surface area (Å²) in [6, 6.07) is 21.5. The maximum atomic E-state index is 12.6. The van der Waals surface area contributed by atoms with Crippen LogP contribution >= 0.6 is 11.8 Å². The van der Waals surface area contributed by atoms with E-state index in [2.05, 4.69) is 10.0 Å². The number of hydrogen-bond acceptors (Lipinski definition) is 5. The quantitative estimate of drug-likeness (QED) is 0.519. The van der Waals surface area contributed by atoms with Crippen LogP contribution in [0.5, 0.6) is 0 Å². The Bertz CT molecular complexity index is 1240. The minimum Gasteiger partial charge on any atom is -0.341 e. The number of anilines is 2. The largest absolute Gasteiger partial charge is 0.341 e. The van der Waals surface area contributed by atoms with Crippen LogP contribution in [0.3, 0.4) is 0 Å². The van der Waals surface area contributed by atoms with E-state index in [-0.39, 0.29) is 16.7 Å². The van der Waals surface area contributed by atoms with Crippen molar-refractivity contribution in [3.63, 3.8) is 0 Å². The monoisotopic (exact) mass is 495 g/mol. The Labute approximate surface area is 203 Å². The van der Waals surface area contributed by atoms with Gasteiger partial charge in [-0.25, -0.2) is 8.42 Å². The fraction of sp³-hybridized carbons (Fsp3) is 0.200.